The summed E-state index contributed by atoms with van der Waals surface area (Å²) in [5.74, 6) is 0.186. The first kappa shape index (κ1) is 24.2. The van der Waals surface area contributed by atoms with E-state index in [0.717, 1.165) is 18.4 Å². The molecule has 3 aromatic carbocycles. The largest absolute Gasteiger partial charge is 0.405 e. The van der Waals surface area contributed by atoms with Crippen LogP contribution in [0.2, 0.25) is 5.04 Å². The van der Waals surface area contributed by atoms with E-state index in [2.05, 4.69) is 88.4 Å². The van der Waals surface area contributed by atoms with Crippen molar-refractivity contribution in [2.45, 2.75) is 58.6 Å². The summed E-state index contributed by atoms with van der Waals surface area (Å²) < 4.78 is 7.14. The number of benzene rings is 3. The fourth-order valence-electron chi connectivity index (χ4n) is 4.55. The zero-order chi connectivity index (χ0) is 23.2. The lowest BCUT2D eigenvalue weighted by molar-refractivity contribution is 0.0911. The van der Waals surface area contributed by atoms with Gasteiger partial charge >= 0.3 is 0 Å². The second kappa shape index (κ2) is 10.4. The van der Waals surface area contributed by atoms with Crippen LogP contribution in [-0.2, 0) is 4.43 Å². The minimum atomic E-state index is -2.56. The molecule has 3 heteroatoms. The van der Waals surface area contributed by atoms with Gasteiger partial charge in [0.25, 0.3) is 8.32 Å². The van der Waals surface area contributed by atoms with E-state index in [9.17, 15) is 4.79 Å². The highest BCUT2D eigenvalue weighted by molar-refractivity contribution is 6.99. The van der Waals surface area contributed by atoms with Crippen molar-refractivity contribution < 1.29 is 9.22 Å². The molecule has 0 aliphatic heterocycles. The van der Waals surface area contributed by atoms with E-state index >= 15 is 0 Å². The lowest BCUT2D eigenvalue weighted by Gasteiger charge is -2.44. The van der Waals surface area contributed by atoms with Gasteiger partial charge in [-0.15, -0.1) is 0 Å². The summed E-state index contributed by atoms with van der Waals surface area (Å²) in [5.41, 5.74) is 0.792. The second-order valence-electron chi connectivity index (χ2n) is 9.80. The van der Waals surface area contributed by atoms with Crippen LogP contribution in [0.5, 0.6) is 0 Å². The fraction of sp³-hybridized carbons (Fsp3) is 0.345. The zero-order valence-electron chi connectivity index (χ0n) is 20.0. The molecule has 0 N–H and O–H groups in total. The van der Waals surface area contributed by atoms with Crippen LogP contribution in [0.4, 0.5) is 0 Å². The van der Waals surface area contributed by atoms with Gasteiger partial charge in [0.1, 0.15) is 0 Å². The van der Waals surface area contributed by atoms with Crippen LogP contribution in [0, 0.1) is 5.92 Å². The predicted molar refractivity (Wildman–Crippen MR) is 137 cm³/mol. The highest BCUT2D eigenvalue weighted by atomic mass is 28.4. The van der Waals surface area contributed by atoms with E-state index in [1.807, 2.05) is 37.3 Å². The van der Waals surface area contributed by atoms with Gasteiger partial charge in [-0.1, -0.05) is 119 Å². The van der Waals surface area contributed by atoms with Crippen LogP contribution in [0.25, 0.3) is 0 Å². The standard InChI is InChI=1S/C29H36O2Si/c1-23(28(30)25-15-9-6-10-16-25)21-22-24(2)31-32(29(3,4)5,26-17-11-7-12-18-26)27-19-13-8-14-20-27/h6-20,23-24H,21-22H2,1-5H3/t23-,24+/m0/s1. The number of hydrogen-bond acceptors (Lipinski definition) is 2. The number of hydrogen-bond donors (Lipinski definition) is 0. The molecule has 2 nitrogen and oxygen atoms in total. The Morgan fingerprint density at radius 2 is 1.19 bits per heavy atom. The van der Waals surface area contributed by atoms with Gasteiger partial charge in [0, 0.05) is 17.6 Å². The molecule has 168 valence electrons. The summed E-state index contributed by atoms with van der Waals surface area (Å²) in [6.45, 7) is 11.1. The zero-order valence-corrected chi connectivity index (χ0v) is 21.0. The minimum absolute atomic E-state index is 0.0254. The van der Waals surface area contributed by atoms with Gasteiger partial charge in [-0.3, -0.25) is 4.79 Å². The fourth-order valence-corrected chi connectivity index (χ4v) is 9.29. The monoisotopic (exact) mass is 444 g/mol. The summed E-state index contributed by atoms with van der Waals surface area (Å²) >= 11 is 0. The van der Waals surface area contributed by atoms with Crippen molar-refractivity contribution in [1.29, 1.82) is 0 Å². The van der Waals surface area contributed by atoms with E-state index in [4.69, 9.17) is 4.43 Å². The van der Waals surface area contributed by atoms with Gasteiger partial charge in [0.15, 0.2) is 5.78 Å². The van der Waals surface area contributed by atoms with Gasteiger partial charge < -0.3 is 4.43 Å². The summed E-state index contributed by atoms with van der Waals surface area (Å²) in [4.78, 5) is 12.8. The van der Waals surface area contributed by atoms with Crippen molar-refractivity contribution in [2.75, 3.05) is 0 Å². The quantitative estimate of drug-likeness (QED) is 0.288. The second-order valence-corrected chi connectivity index (χ2v) is 14.1. The molecule has 3 rings (SSSR count). The number of ketones is 1. The molecule has 0 amide bonds. The molecule has 0 aliphatic rings. The maximum absolute atomic E-state index is 12.8. The van der Waals surface area contributed by atoms with Crippen molar-refractivity contribution >= 4 is 24.5 Å². The van der Waals surface area contributed by atoms with Crippen LogP contribution in [0.3, 0.4) is 0 Å². The molecule has 2 atom stereocenters. The molecule has 0 heterocycles. The molecule has 0 aliphatic carbocycles. The Balaban J connectivity index is 1.84. The smallest absolute Gasteiger partial charge is 0.261 e. The Bertz CT molecular complexity index is 938. The normalized spacial score (nSPS) is 14.0. The van der Waals surface area contributed by atoms with Gasteiger partial charge in [-0.25, -0.2) is 0 Å². The van der Waals surface area contributed by atoms with E-state index in [-0.39, 0.29) is 22.8 Å². The molecular weight excluding hydrogens is 408 g/mol. The molecule has 0 saturated carbocycles. The molecule has 0 radical (unpaired) electrons. The number of rotatable bonds is 9. The first-order valence-electron chi connectivity index (χ1n) is 11.6. The first-order valence-corrected chi connectivity index (χ1v) is 13.5. The molecule has 0 saturated heterocycles. The van der Waals surface area contributed by atoms with Crippen LogP contribution in [0.1, 0.15) is 57.8 Å². The number of Topliss-reactive ketones (excluding diaryl/α,β-unsaturated/α-hetero) is 1. The summed E-state index contributed by atoms with van der Waals surface area (Å²) in [5, 5.41) is 2.54. The van der Waals surface area contributed by atoms with Crippen molar-refractivity contribution in [1.82, 2.24) is 0 Å². The van der Waals surface area contributed by atoms with Crippen molar-refractivity contribution in [3.8, 4) is 0 Å². The maximum Gasteiger partial charge on any atom is 0.261 e. The summed E-state index contributed by atoms with van der Waals surface area (Å²) in [7, 11) is -2.56. The number of carbonyl (C=O) groups excluding carboxylic acids is 1. The van der Waals surface area contributed by atoms with Gasteiger partial charge in [0.05, 0.1) is 0 Å². The van der Waals surface area contributed by atoms with E-state index in [1.54, 1.807) is 0 Å². The molecule has 0 unspecified atom stereocenters. The van der Waals surface area contributed by atoms with Crippen LogP contribution < -0.4 is 10.4 Å². The highest BCUT2D eigenvalue weighted by Crippen LogP contribution is 2.38. The lowest BCUT2D eigenvalue weighted by atomic mass is 9.94. The highest BCUT2D eigenvalue weighted by Gasteiger charge is 2.50. The lowest BCUT2D eigenvalue weighted by Crippen LogP contribution is -2.67. The average Bonchev–Trinajstić information content (AvgIpc) is 2.81. The maximum atomic E-state index is 12.8. The third kappa shape index (κ3) is 5.28. The van der Waals surface area contributed by atoms with Crippen molar-refractivity contribution in [2.24, 2.45) is 5.92 Å². The summed E-state index contributed by atoms with van der Waals surface area (Å²) in [6, 6.07) is 31.1. The van der Waals surface area contributed by atoms with Crippen molar-refractivity contribution in [3.05, 3.63) is 96.6 Å². The number of carbonyl (C=O) groups is 1. The molecule has 0 bridgehead atoms. The topological polar surface area (TPSA) is 26.3 Å². The Labute approximate surface area is 194 Å². The van der Waals surface area contributed by atoms with Gasteiger partial charge in [0.2, 0.25) is 0 Å². The third-order valence-corrected chi connectivity index (χ3v) is 11.5. The van der Waals surface area contributed by atoms with Crippen LogP contribution >= 0.6 is 0 Å². The molecule has 32 heavy (non-hydrogen) atoms. The van der Waals surface area contributed by atoms with Crippen LogP contribution in [0.15, 0.2) is 91.0 Å². The Hall–Kier alpha value is -2.49. The predicted octanol–water partition coefficient (Wildman–Crippen LogP) is 6.25. The Morgan fingerprint density at radius 1 is 0.750 bits per heavy atom. The van der Waals surface area contributed by atoms with E-state index in [0.29, 0.717) is 0 Å². The van der Waals surface area contributed by atoms with Gasteiger partial charge in [-0.2, -0.15) is 0 Å². The van der Waals surface area contributed by atoms with Crippen LogP contribution in [-0.4, -0.2) is 20.2 Å². The van der Waals surface area contributed by atoms with Gasteiger partial charge in [-0.05, 0) is 35.2 Å². The summed E-state index contributed by atoms with van der Waals surface area (Å²) in [6.07, 6.45) is 1.71. The Kier molecular flexibility index (Phi) is 7.86. The van der Waals surface area contributed by atoms with Crippen molar-refractivity contribution in [3.63, 3.8) is 0 Å². The average molecular weight is 445 g/mol. The van der Waals surface area contributed by atoms with E-state index in [1.165, 1.54) is 10.4 Å². The molecule has 3 aromatic rings. The minimum Gasteiger partial charge on any atom is -0.405 e. The first-order chi connectivity index (χ1) is 15.3. The SMILES string of the molecule is C[C@H](CC[C@H](C)C(=O)c1ccccc1)O[Si](c1ccccc1)(c1ccccc1)C(C)(C)C. The Morgan fingerprint density at radius 3 is 1.62 bits per heavy atom. The van der Waals surface area contributed by atoms with E-state index < -0.39 is 8.32 Å². The third-order valence-electron chi connectivity index (χ3n) is 6.31. The molecule has 0 spiro atoms. The molecular formula is C29H36O2Si. The molecule has 0 aromatic heterocycles. The molecule has 0 fully saturated rings.